The quantitative estimate of drug-likeness (QED) is 0.802. The zero-order valence-electron chi connectivity index (χ0n) is 11.0. The Morgan fingerprint density at radius 3 is 2.56 bits per heavy atom. The van der Waals surface area contributed by atoms with E-state index in [0.29, 0.717) is 11.6 Å². The van der Waals surface area contributed by atoms with Crippen LogP contribution in [0.2, 0.25) is 0 Å². The second kappa shape index (κ2) is 4.67. The van der Waals surface area contributed by atoms with E-state index in [0.717, 1.165) is 0 Å². The molecular weight excluding hydrogens is 232 g/mol. The van der Waals surface area contributed by atoms with Crippen molar-refractivity contribution in [2.24, 2.45) is 0 Å². The van der Waals surface area contributed by atoms with Gasteiger partial charge in [0.1, 0.15) is 12.1 Å². The molecule has 2 aromatic heterocycles. The van der Waals surface area contributed by atoms with Gasteiger partial charge in [-0.15, -0.1) is 0 Å². The van der Waals surface area contributed by atoms with E-state index in [2.05, 4.69) is 20.2 Å². The maximum atomic E-state index is 12.1. The van der Waals surface area contributed by atoms with E-state index in [9.17, 15) is 4.79 Å². The summed E-state index contributed by atoms with van der Waals surface area (Å²) in [5.74, 6) is 0.973. The Morgan fingerprint density at radius 2 is 2.06 bits per heavy atom. The highest BCUT2D eigenvalue weighted by Gasteiger charge is 2.23. The minimum Gasteiger partial charge on any atom is -0.342 e. The predicted octanol–water partition coefficient (Wildman–Crippen LogP) is 0.478. The molecule has 2 heterocycles. The van der Waals surface area contributed by atoms with Crippen LogP contribution in [0.3, 0.4) is 0 Å². The molecular formula is C11H17N6O+. The third kappa shape index (κ3) is 2.15. The van der Waals surface area contributed by atoms with Gasteiger partial charge in [0.05, 0.1) is 0 Å². The van der Waals surface area contributed by atoms with Crippen LogP contribution in [-0.4, -0.2) is 24.8 Å². The largest absolute Gasteiger partial charge is 0.540 e. The summed E-state index contributed by atoms with van der Waals surface area (Å²) < 4.78 is 2.84. The lowest BCUT2D eigenvalue weighted by atomic mass is 10.4. The van der Waals surface area contributed by atoms with Gasteiger partial charge in [0.15, 0.2) is 5.82 Å². The fourth-order valence-corrected chi connectivity index (χ4v) is 1.57. The number of hydrogen-bond donors (Lipinski definition) is 1. The molecule has 96 valence electrons. The third-order valence-corrected chi connectivity index (χ3v) is 2.49. The Balaban J connectivity index is 2.67. The second-order valence-electron chi connectivity index (χ2n) is 4.62. The molecule has 1 N–H and O–H groups in total. The molecule has 0 saturated carbocycles. The Kier molecular flexibility index (Phi) is 3.22. The summed E-state index contributed by atoms with van der Waals surface area (Å²) in [7, 11) is 0. The number of nitrogens with zero attached hydrogens (tertiary/aromatic N) is 5. The lowest BCUT2D eigenvalue weighted by molar-refractivity contribution is -0.788. The Hall–Kier alpha value is -2.05. The van der Waals surface area contributed by atoms with E-state index in [1.807, 2.05) is 27.7 Å². The number of H-pyrrole nitrogens is 1. The highest BCUT2D eigenvalue weighted by Crippen LogP contribution is 2.06. The van der Waals surface area contributed by atoms with Crippen LogP contribution in [0, 0.1) is 0 Å². The van der Waals surface area contributed by atoms with Gasteiger partial charge in [-0.1, -0.05) is 19.6 Å². The van der Waals surface area contributed by atoms with Crippen LogP contribution < -0.4 is 10.4 Å². The van der Waals surface area contributed by atoms with Crippen LogP contribution in [0.25, 0.3) is 11.6 Å². The minimum atomic E-state index is -0.213. The van der Waals surface area contributed by atoms with E-state index in [1.54, 1.807) is 12.4 Å². The predicted molar refractivity (Wildman–Crippen MR) is 64.8 cm³/mol. The molecule has 0 fully saturated rings. The number of nitrogens with one attached hydrogen (secondary N) is 1. The van der Waals surface area contributed by atoms with Crippen LogP contribution in [-0.2, 0) is 0 Å². The van der Waals surface area contributed by atoms with Crippen LogP contribution in [0.1, 0.15) is 39.8 Å². The Bertz CT molecular complexity index is 552. The SMILES string of the molecule is CC(C)n1nc(-c2ncc[nH]2)n[n+](C(C)C)c1=O. The van der Waals surface area contributed by atoms with Crippen molar-refractivity contribution in [2.75, 3.05) is 0 Å². The van der Waals surface area contributed by atoms with E-state index in [-0.39, 0.29) is 17.8 Å². The lowest BCUT2D eigenvalue weighted by Crippen LogP contribution is -2.59. The van der Waals surface area contributed by atoms with Gasteiger partial charge < -0.3 is 4.98 Å². The molecule has 0 saturated heterocycles. The normalized spacial score (nSPS) is 11.4. The van der Waals surface area contributed by atoms with Gasteiger partial charge in [0, 0.05) is 12.4 Å². The average Bonchev–Trinajstić information content (AvgIpc) is 2.82. The van der Waals surface area contributed by atoms with Crippen LogP contribution in [0.15, 0.2) is 17.2 Å². The first-order valence-electron chi connectivity index (χ1n) is 5.93. The molecule has 0 spiro atoms. The summed E-state index contributed by atoms with van der Waals surface area (Å²) in [6.07, 6.45) is 3.33. The van der Waals surface area contributed by atoms with E-state index >= 15 is 0 Å². The summed E-state index contributed by atoms with van der Waals surface area (Å²) in [4.78, 5) is 19.2. The van der Waals surface area contributed by atoms with E-state index in [1.165, 1.54) is 9.36 Å². The Morgan fingerprint density at radius 1 is 1.33 bits per heavy atom. The van der Waals surface area contributed by atoms with Gasteiger partial charge in [0.25, 0.3) is 5.82 Å². The molecule has 0 aliphatic rings. The van der Waals surface area contributed by atoms with E-state index < -0.39 is 0 Å². The number of rotatable bonds is 3. The highest BCUT2D eigenvalue weighted by atomic mass is 16.2. The van der Waals surface area contributed by atoms with Crippen molar-refractivity contribution < 1.29 is 4.68 Å². The Labute approximate surface area is 105 Å². The summed E-state index contributed by atoms with van der Waals surface area (Å²) >= 11 is 0. The molecule has 0 atom stereocenters. The molecule has 18 heavy (non-hydrogen) atoms. The summed E-state index contributed by atoms with van der Waals surface area (Å²) in [6, 6.07) is -0.0570. The fraction of sp³-hybridized carbons (Fsp3) is 0.545. The molecule has 0 bridgehead atoms. The molecule has 2 rings (SSSR count). The average molecular weight is 249 g/mol. The molecule has 0 aromatic carbocycles. The number of imidazole rings is 1. The molecule has 7 nitrogen and oxygen atoms in total. The van der Waals surface area contributed by atoms with Crippen molar-refractivity contribution in [3.05, 3.63) is 22.9 Å². The fourth-order valence-electron chi connectivity index (χ4n) is 1.57. The molecule has 7 heteroatoms. The minimum absolute atomic E-state index is 0.0285. The van der Waals surface area contributed by atoms with Crippen molar-refractivity contribution in [1.82, 2.24) is 24.8 Å². The lowest BCUT2D eigenvalue weighted by Gasteiger charge is -2.06. The van der Waals surface area contributed by atoms with Crippen LogP contribution in [0.4, 0.5) is 0 Å². The molecule has 0 aliphatic heterocycles. The smallest absolute Gasteiger partial charge is 0.342 e. The zero-order valence-corrected chi connectivity index (χ0v) is 11.0. The molecule has 0 radical (unpaired) electrons. The summed E-state index contributed by atoms with van der Waals surface area (Å²) in [5, 5.41) is 8.47. The first-order valence-corrected chi connectivity index (χ1v) is 5.93. The van der Waals surface area contributed by atoms with Gasteiger partial charge in [-0.05, 0) is 27.7 Å². The molecule has 0 amide bonds. The molecule has 0 unspecified atom stereocenters. The summed E-state index contributed by atoms with van der Waals surface area (Å²) in [5.41, 5.74) is -0.213. The number of aromatic amines is 1. The monoisotopic (exact) mass is 249 g/mol. The second-order valence-corrected chi connectivity index (χ2v) is 4.62. The maximum Gasteiger partial charge on any atom is 0.540 e. The van der Waals surface area contributed by atoms with Gasteiger partial charge in [-0.2, -0.15) is 4.79 Å². The van der Waals surface area contributed by atoms with Crippen molar-refractivity contribution >= 4 is 0 Å². The van der Waals surface area contributed by atoms with Gasteiger partial charge in [-0.3, -0.25) is 0 Å². The zero-order chi connectivity index (χ0) is 13.3. The number of hydrogen-bond acceptors (Lipinski definition) is 4. The van der Waals surface area contributed by atoms with Gasteiger partial charge in [-0.25, -0.2) is 4.98 Å². The summed E-state index contributed by atoms with van der Waals surface area (Å²) in [6.45, 7) is 7.63. The first-order chi connectivity index (χ1) is 8.50. The first kappa shape index (κ1) is 12.4. The van der Waals surface area contributed by atoms with Crippen molar-refractivity contribution in [3.8, 4) is 11.6 Å². The van der Waals surface area contributed by atoms with Crippen molar-refractivity contribution in [1.29, 1.82) is 0 Å². The molecule has 2 aromatic rings. The molecule has 0 aliphatic carbocycles. The van der Waals surface area contributed by atoms with E-state index in [4.69, 9.17) is 0 Å². The maximum absolute atomic E-state index is 12.1. The van der Waals surface area contributed by atoms with Crippen molar-refractivity contribution in [3.63, 3.8) is 0 Å². The van der Waals surface area contributed by atoms with Crippen molar-refractivity contribution in [2.45, 2.75) is 39.8 Å². The van der Waals surface area contributed by atoms with Gasteiger partial charge in [0.2, 0.25) is 0 Å². The van der Waals surface area contributed by atoms with Crippen LogP contribution in [0.5, 0.6) is 0 Å². The highest BCUT2D eigenvalue weighted by molar-refractivity contribution is 5.39. The third-order valence-electron chi connectivity index (χ3n) is 2.49. The topological polar surface area (TPSA) is 80.3 Å². The number of aromatic nitrogens is 6. The standard InChI is InChI=1S/C11H17N6O/c1-7(2)16-11(18)17(8(3)4)15-10(14-16)9-12-5-6-13-9/h5-8H,1-4H3,(H,12,13)/q+1. The van der Waals surface area contributed by atoms with Gasteiger partial charge >= 0.3 is 5.69 Å². The van der Waals surface area contributed by atoms with Crippen LogP contribution >= 0.6 is 0 Å².